The first kappa shape index (κ1) is 9.80. The Morgan fingerprint density at radius 3 is 2.77 bits per heavy atom. The highest BCUT2D eigenvalue weighted by Crippen LogP contribution is 2.17. The number of nitrogen functional groups attached to an aromatic ring is 1. The van der Waals surface area contributed by atoms with Crippen LogP contribution in [-0.4, -0.2) is 18.6 Å². The molecule has 0 aromatic carbocycles. The third-order valence-electron chi connectivity index (χ3n) is 1.89. The zero-order valence-electron chi connectivity index (χ0n) is 8.24. The standard InChI is InChI=1S/C9H15N3O/c1-4-12(13-3)9-5-8(10)7(2)6-11-9/h5-6H,4H2,1-3H3,(H2,10,11). The second kappa shape index (κ2) is 4.09. The van der Waals surface area contributed by atoms with E-state index in [4.69, 9.17) is 10.6 Å². The molecule has 0 radical (unpaired) electrons. The smallest absolute Gasteiger partial charge is 0.154 e. The first-order chi connectivity index (χ1) is 6.19. The van der Waals surface area contributed by atoms with Crippen LogP contribution in [-0.2, 0) is 4.84 Å². The summed E-state index contributed by atoms with van der Waals surface area (Å²) in [6.45, 7) is 4.66. The van der Waals surface area contributed by atoms with Gasteiger partial charge in [-0.3, -0.25) is 4.84 Å². The van der Waals surface area contributed by atoms with E-state index in [0.717, 1.165) is 23.6 Å². The Hall–Kier alpha value is -1.29. The number of aryl methyl sites for hydroxylation is 1. The third kappa shape index (κ3) is 2.09. The number of nitrogens with zero attached hydrogens (tertiary/aromatic N) is 2. The molecule has 0 spiro atoms. The quantitative estimate of drug-likeness (QED) is 0.715. The number of hydrogen-bond donors (Lipinski definition) is 1. The molecule has 0 saturated carbocycles. The van der Waals surface area contributed by atoms with E-state index in [-0.39, 0.29) is 0 Å². The Balaban J connectivity index is 2.95. The van der Waals surface area contributed by atoms with Crippen LogP contribution in [0.1, 0.15) is 12.5 Å². The number of anilines is 2. The average molecular weight is 181 g/mol. The SMILES string of the molecule is CCN(OC)c1cc(N)c(C)cn1. The molecule has 0 aliphatic rings. The van der Waals surface area contributed by atoms with Crippen molar-refractivity contribution in [3.63, 3.8) is 0 Å². The van der Waals surface area contributed by atoms with Gasteiger partial charge >= 0.3 is 0 Å². The zero-order valence-corrected chi connectivity index (χ0v) is 8.24. The highest BCUT2D eigenvalue weighted by molar-refractivity contribution is 5.53. The Morgan fingerprint density at radius 1 is 1.62 bits per heavy atom. The summed E-state index contributed by atoms with van der Waals surface area (Å²) >= 11 is 0. The molecule has 0 amide bonds. The van der Waals surface area contributed by atoms with Crippen molar-refractivity contribution in [2.24, 2.45) is 0 Å². The maximum Gasteiger partial charge on any atom is 0.154 e. The number of nitrogens with two attached hydrogens (primary N) is 1. The van der Waals surface area contributed by atoms with Crippen molar-refractivity contribution in [3.05, 3.63) is 17.8 Å². The lowest BCUT2D eigenvalue weighted by Gasteiger charge is -2.18. The minimum absolute atomic E-state index is 0.737. The molecule has 0 atom stereocenters. The van der Waals surface area contributed by atoms with Gasteiger partial charge in [-0.25, -0.2) is 10.0 Å². The molecule has 4 heteroatoms. The minimum atomic E-state index is 0.737. The molecular weight excluding hydrogens is 166 g/mol. The Kier molecular flexibility index (Phi) is 3.08. The molecule has 0 unspecified atom stereocenters. The fraction of sp³-hybridized carbons (Fsp3) is 0.444. The van der Waals surface area contributed by atoms with Crippen LogP contribution in [0.4, 0.5) is 11.5 Å². The number of aromatic nitrogens is 1. The lowest BCUT2D eigenvalue weighted by molar-refractivity contribution is 0.168. The second-order valence-electron chi connectivity index (χ2n) is 2.78. The maximum absolute atomic E-state index is 5.75. The predicted molar refractivity (Wildman–Crippen MR) is 53.4 cm³/mol. The molecule has 0 bridgehead atoms. The van der Waals surface area contributed by atoms with Gasteiger partial charge in [0.05, 0.1) is 7.11 Å². The van der Waals surface area contributed by atoms with E-state index in [9.17, 15) is 0 Å². The summed E-state index contributed by atoms with van der Waals surface area (Å²) in [6, 6.07) is 1.81. The van der Waals surface area contributed by atoms with Gasteiger partial charge in [-0.15, -0.1) is 0 Å². The summed E-state index contributed by atoms with van der Waals surface area (Å²) in [4.78, 5) is 9.30. The molecule has 0 fully saturated rings. The van der Waals surface area contributed by atoms with Crippen LogP contribution >= 0.6 is 0 Å². The van der Waals surface area contributed by atoms with Gasteiger partial charge in [0.25, 0.3) is 0 Å². The van der Waals surface area contributed by atoms with E-state index in [1.807, 2.05) is 19.9 Å². The predicted octanol–water partition coefficient (Wildman–Crippen LogP) is 1.36. The second-order valence-corrected chi connectivity index (χ2v) is 2.78. The summed E-state index contributed by atoms with van der Waals surface area (Å²) in [7, 11) is 1.61. The molecule has 0 aliphatic carbocycles. The van der Waals surface area contributed by atoms with Crippen molar-refractivity contribution in [1.82, 2.24) is 4.98 Å². The summed E-state index contributed by atoms with van der Waals surface area (Å²) < 4.78 is 0. The summed E-state index contributed by atoms with van der Waals surface area (Å²) in [5, 5.41) is 1.68. The molecule has 2 N–H and O–H groups in total. The van der Waals surface area contributed by atoms with E-state index in [2.05, 4.69) is 4.98 Å². The van der Waals surface area contributed by atoms with Gasteiger partial charge in [-0.1, -0.05) is 0 Å². The van der Waals surface area contributed by atoms with Gasteiger partial charge < -0.3 is 5.73 Å². The lowest BCUT2D eigenvalue weighted by atomic mass is 10.2. The summed E-state index contributed by atoms with van der Waals surface area (Å²) in [6.07, 6.45) is 1.74. The molecule has 4 nitrogen and oxygen atoms in total. The van der Waals surface area contributed by atoms with E-state index >= 15 is 0 Å². The van der Waals surface area contributed by atoms with Crippen LogP contribution in [0.15, 0.2) is 12.3 Å². The number of rotatable bonds is 3. The van der Waals surface area contributed by atoms with Crippen LogP contribution in [0.3, 0.4) is 0 Å². The molecule has 1 rings (SSSR count). The van der Waals surface area contributed by atoms with Crippen molar-refractivity contribution in [2.75, 3.05) is 24.5 Å². The average Bonchev–Trinajstić information content (AvgIpc) is 2.13. The lowest BCUT2D eigenvalue weighted by Crippen LogP contribution is -2.22. The monoisotopic (exact) mass is 181 g/mol. The zero-order chi connectivity index (χ0) is 9.84. The molecule has 13 heavy (non-hydrogen) atoms. The fourth-order valence-corrected chi connectivity index (χ4v) is 1.05. The van der Waals surface area contributed by atoms with Crippen LogP contribution in [0.2, 0.25) is 0 Å². The first-order valence-corrected chi connectivity index (χ1v) is 4.22. The van der Waals surface area contributed by atoms with Gasteiger partial charge in [0.1, 0.15) is 0 Å². The molecule has 1 heterocycles. The Labute approximate surface area is 78.3 Å². The molecule has 1 aromatic heterocycles. The van der Waals surface area contributed by atoms with Gasteiger partial charge in [0.2, 0.25) is 0 Å². The van der Waals surface area contributed by atoms with Crippen molar-refractivity contribution in [2.45, 2.75) is 13.8 Å². The normalized spacial score (nSPS) is 10.1. The topological polar surface area (TPSA) is 51.4 Å². The molecule has 72 valence electrons. The maximum atomic E-state index is 5.75. The first-order valence-electron chi connectivity index (χ1n) is 4.22. The van der Waals surface area contributed by atoms with Gasteiger partial charge in [0, 0.05) is 24.5 Å². The van der Waals surface area contributed by atoms with E-state index < -0.39 is 0 Å². The highest BCUT2D eigenvalue weighted by atomic mass is 16.7. The summed E-state index contributed by atoms with van der Waals surface area (Å²) in [5.41, 5.74) is 7.46. The van der Waals surface area contributed by atoms with Crippen molar-refractivity contribution < 1.29 is 4.84 Å². The largest absolute Gasteiger partial charge is 0.398 e. The number of hydroxylamine groups is 1. The van der Waals surface area contributed by atoms with Crippen LogP contribution in [0.25, 0.3) is 0 Å². The molecule has 0 saturated heterocycles. The van der Waals surface area contributed by atoms with E-state index in [1.165, 1.54) is 0 Å². The van der Waals surface area contributed by atoms with Crippen LogP contribution in [0, 0.1) is 6.92 Å². The molecular formula is C9H15N3O. The van der Waals surface area contributed by atoms with Crippen molar-refractivity contribution in [3.8, 4) is 0 Å². The van der Waals surface area contributed by atoms with E-state index in [0.29, 0.717) is 0 Å². The van der Waals surface area contributed by atoms with Crippen LogP contribution < -0.4 is 10.8 Å². The molecule has 0 aliphatic heterocycles. The fourth-order valence-electron chi connectivity index (χ4n) is 1.05. The minimum Gasteiger partial charge on any atom is -0.398 e. The van der Waals surface area contributed by atoms with Crippen LogP contribution in [0.5, 0.6) is 0 Å². The highest BCUT2D eigenvalue weighted by Gasteiger charge is 2.05. The van der Waals surface area contributed by atoms with Crippen molar-refractivity contribution >= 4 is 11.5 Å². The van der Waals surface area contributed by atoms with Gasteiger partial charge in [-0.05, 0) is 19.4 Å². The molecule has 1 aromatic rings. The number of pyridine rings is 1. The van der Waals surface area contributed by atoms with Crippen molar-refractivity contribution in [1.29, 1.82) is 0 Å². The summed E-state index contributed by atoms with van der Waals surface area (Å²) in [5.74, 6) is 0.744. The van der Waals surface area contributed by atoms with E-state index in [1.54, 1.807) is 18.4 Å². The Morgan fingerprint density at radius 2 is 2.31 bits per heavy atom. The van der Waals surface area contributed by atoms with Gasteiger partial charge in [-0.2, -0.15) is 0 Å². The van der Waals surface area contributed by atoms with Gasteiger partial charge in [0.15, 0.2) is 5.82 Å². The third-order valence-corrected chi connectivity index (χ3v) is 1.89. The Bertz CT molecular complexity index is 284. The number of hydrogen-bond acceptors (Lipinski definition) is 4.